The van der Waals surface area contributed by atoms with Crippen LogP contribution in [-0.2, 0) is 9.53 Å². The molecule has 3 heteroatoms. The molecule has 1 fully saturated rings. The Morgan fingerprint density at radius 1 is 1.28 bits per heavy atom. The van der Waals surface area contributed by atoms with Crippen LogP contribution in [0.15, 0.2) is 0 Å². The number of esters is 1. The molecule has 0 aromatic carbocycles. The van der Waals surface area contributed by atoms with Crippen molar-refractivity contribution in [3.8, 4) is 0 Å². The first-order valence-electron chi connectivity index (χ1n) is 7.49. The number of hydrogen-bond donors (Lipinski definition) is 0. The molecule has 0 N–H and O–H groups in total. The summed E-state index contributed by atoms with van der Waals surface area (Å²) in [6.07, 6.45) is 9.66. The summed E-state index contributed by atoms with van der Waals surface area (Å²) in [5.74, 6) is 2.16. The van der Waals surface area contributed by atoms with Gasteiger partial charge < -0.3 is 4.74 Å². The van der Waals surface area contributed by atoms with Crippen LogP contribution >= 0.6 is 11.8 Å². The molecule has 0 saturated heterocycles. The van der Waals surface area contributed by atoms with Crippen LogP contribution in [-0.4, -0.2) is 23.6 Å². The number of unbranched alkanes of at least 4 members (excludes halogenated alkanes) is 2. The maximum atomic E-state index is 11.1. The molecule has 0 heterocycles. The van der Waals surface area contributed by atoms with Crippen LogP contribution in [0.5, 0.6) is 0 Å². The Bertz CT molecular complexity index is 231. The summed E-state index contributed by atoms with van der Waals surface area (Å²) in [5, 5.41) is 0.902. The fourth-order valence-corrected chi connectivity index (χ4v) is 4.06. The van der Waals surface area contributed by atoms with E-state index in [0.717, 1.165) is 24.0 Å². The van der Waals surface area contributed by atoms with E-state index in [-0.39, 0.29) is 5.97 Å². The highest BCUT2D eigenvalue weighted by atomic mass is 32.2. The Balaban J connectivity index is 1.90. The molecule has 1 rings (SSSR count). The number of ether oxygens (including phenoxy) is 1. The van der Waals surface area contributed by atoms with Crippen LogP contribution in [0.3, 0.4) is 0 Å². The zero-order valence-electron chi connectivity index (χ0n) is 12.0. The lowest BCUT2D eigenvalue weighted by Crippen LogP contribution is -2.15. The molecule has 2 atom stereocenters. The first-order chi connectivity index (χ1) is 8.72. The van der Waals surface area contributed by atoms with Crippen molar-refractivity contribution in [1.29, 1.82) is 0 Å². The minimum atomic E-state index is -0.0359. The lowest BCUT2D eigenvalue weighted by Gasteiger charge is -2.26. The van der Waals surface area contributed by atoms with Gasteiger partial charge in [-0.1, -0.05) is 26.2 Å². The molecule has 2 unspecified atom stereocenters. The zero-order chi connectivity index (χ0) is 13.2. The van der Waals surface area contributed by atoms with Gasteiger partial charge in [0.05, 0.1) is 6.61 Å². The van der Waals surface area contributed by atoms with E-state index < -0.39 is 0 Å². The van der Waals surface area contributed by atoms with Gasteiger partial charge in [-0.05, 0) is 44.3 Å². The number of carbonyl (C=O) groups is 1. The predicted molar refractivity (Wildman–Crippen MR) is 79.0 cm³/mol. The Labute approximate surface area is 116 Å². The Hall–Kier alpha value is -0.180. The van der Waals surface area contributed by atoms with Gasteiger partial charge in [-0.25, -0.2) is 0 Å². The van der Waals surface area contributed by atoms with E-state index in [4.69, 9.17) is 4.74 Å². The predicted octanol–water partition coefficient (Wildman–Crippen LogP) is 4.42. The van der Waals surface area contributed by atoms with Crippen molar-refractivity contribution in [2.45, 2.75) is 70.5 Å². The summed E-state index contributed by atoms with van der Waals surface area (Å²) < 4.78 is 4.91. The first-order valence-corrected chi connectivity index (χ1v) is 8.54. The lowest BCUT2D eigenvalue weighted by molar-refractivity contribution is -0.143. The van der Waals surface area contributed by atoms with Crippen LogP contribution in [0.2, 0.25) is 0 Å². The van der Waals surface area contributed by atoms with Crippen LogP contribution in [0.1, 0.15) is 65.2 Å². The topological polar surface area (TPSA) is 26.3 Å². The monoisotopic (exact) mass is 272 g/mol. The average molecular weight is 272 g/mol. The smallest absolute Gasteiger partial charge is 0.305 e. The maximum Gasteiger partial charge on any atom is 0.305 e. The van der Waals surface area contributed by atoms with E-state index >= 15 is 0 Å². The molecule has 1 aliphatic rings. The fraction of sp³-hybridized carbons (Fsp3) is 0.933. The molecule has 0 spiro atoms. The molecular formula is C15H28O2S. The summed E-state index contributed by atoms with van der Waals surface area (Å²) in [6, 6.07) is 0. The zero-order valence-corrected chi connectivity index (χ0v) is 12.8. The Morgan fingerprint density at radius 2 is 2.11 bits per heavy atom. The maximum absolute atomic E-state index is 11.1. The molecule has 0 amide bonds. The van der Waals surface area contributed by atoms with E-state index in [2.05, 4.69) is 18.7 Å². The average Bonchev–Trinajstić information content (AvgIpc) is 2.34. The van der Waals surface area contributed by atoms with Gasteiger partial charge in [0.15, 0.2) is 0 Å². The number of hydrogen-bond acceptors (Lipinski definition) is 3. The lowest BCUT2D eigenvalue weighted by atomic mass is 9.91. The molecule has 1 saturated carbocycles. The molecule has 0 aliphatic heterocycles. The van der Waals surface area contributed by atoms with E-state index in [1.54, 1.807) is 0 Å². The molecule has 106 valence electrons. The van der Waals surface area contributed by atoms with Crippen LogP contribution in [0, 0.1) is 5.92 Å². The molecule has 0 bridgehead atoms. The van der Waals surface area contributed by atoms with Gasteiger partial charge in [0.1, 0.15) is 0 Å². The summed E-state index contributed by atoms with van der Waals surface area (Å²) in [7, 11) is 0. The fourth-order valence-electron chi connectivity index (χ4n) is 2.56. The van der Waals surface area contributed by atoms with Gasteiger partial charge in [0.25, 0.3) is 0 Å². The van der Waals surface area contributed by atoms with Crippen molar-refractivity contribution in [3.05, 3.63) is 0 Å². The van der Waals surface area contributed by atoms with Crippen molar-refractivity contribution in [2.24, 2.45) is 5.92 Å². The number of rotatable bonds is 8. The number of thioether (sulfide) groups is 1. The van der Waals surface area contributed by atoms with E-state index in [0.29, 0.717) is 13.0 Å². The van der Waals surface area contributed by atoms with Crippen molar-refractivity contribution in [3.63, 3.8) is 0 Å². The summed E-state index contributed by atoms with van der Waals surface area (Å²) in [5.41, 5.74) is 0. The van der Waals surface area contributed by atoms with Crippen molar-refractivity contribution in [2.75, 3.05) is 12.4 Å². The molecule has 0 aromatic rings. The largest absolute Gasteiger partial charge is 0.466 e. The van der Waals surface area contributed by atoms with Crippen molar-refractivity contribution in [1.82, 2.24) is 0 Å². The standard InChI is InChI=1S/C15H28O2S/c1-3-17-15(16)10-5-4-6-11-18-14-9-7-8-13(2)12-14/h13-14H,3-12H2,1-2H3. The molecule has 2 nitrogen and oxygen atoms in total. The summed E-state index contributed by atoms with van der Waals surface area (Å²) >= 11 is 2.15. The van der Waals surface area contributed by atoms with Gasteiger partial charge >= 0.3 is 5.97 Å². The van der Waals surface area contributed by atoms with Crippen LogP contribution in [0.25, 0.3) is 0 Å². The van der Waals surface area contributed by atoms with Gasteiger partial charge in [0, 0.05) is 11.7 Å². The highest BCUT2D eigenvalue weighted by Gasteiger charge is 2.18. The third-order valence-corrected chi connectivity index (χ3v) is 5.00. The second kappa shape index (κ2) is 9.71. The summed E-state index contributed by atoms with van der Waals surface area (Å²) in [6.45, 7) is 4.75. The van der Waals surface area contributed by atoms with E-state index in [1.165, 1.54) is 37.9 Å². The normalized spacial score (nSPS) is 23.9. The SMILES string of the molecule is CCOC(=O)CCCCCSC1CCCC(C)C1. The third kappa shape index (κ3) is 7.30. The van der Waals surface area contributed by atoms with Crippen molar-refractivity contribution < 1.29 is 9.53 Å². The highest BCUT2D eigenvalue weighted by Crippen LogP contribution is 2.32. The van der Waals surface area contributed by atoms with E-state index in [9.17, 15) is 4.79 Å². The van der Waals surface area contributed by atoms with Gasteiger partial charge in [-0.15, -0.1) is 0 Å². The van der Waals surface area contributed by atoms with Gasteiger partial charge in [-0.2, -0.15) is 11.8 Å². The molecule has 18 heavy (non-hydrogen) atoms. The Kier molecular flexibility index (Phi) is 8.57. The van der Waals surface area contributed by atoms with Crippen LogP contribution in [0.4, 0.5) is 0 Å². The highest BCUT2D eigenvalue weighted by molar-refractivity contribution is 7.99. The third-order valence-electron chi connectivity index (χ3n) is 3.57. The van der Waals surface area contributed by atoms with Crippen molar-refractivity contribution >= 4 is 17.7 Å². The summed E-state index contributed by atoms with van der Waals surface area (Å²) in [4.78, 5) is 11.1. The molecular weight excluding hydrogens is 244 g/mol. The quantitative estimate of drug-likeness (QED) is 0.483. The molecule has 0 radical (unpaired) electrons. The van der Waals surface area contributed by atoms with Gasteiger partial charge in [-0.3, -0.25) is 4.79 Å². The second-order valence-corrected chi connectivity index (χ2v) is 6.79. The molecule has 1 aliphatic carbocycles. The van der Waals surface area contributed by atoms with E-state index in [1.807, 2.05) is 6.92 Å². The number of carbonyl (C=O) groups excluding carboxylic acids is 1. The minimum absolute atomic E-state index is 0.0359. The Morgan fingerprint density at radius 3 is 2.83 bits per heavy atom. The first kappa shape index (κ1) is 15.9. The van der Waals surface area contributed by atoms with Gasteiger partial charge in [0.2, 0.25) is 0 Å². The van der Waals surface area contributed by atoms with Crippen LogP contribution < -0.4 is 0 Å². The second-order valence-electron chi connectivity index (χ2n) is 5.38. The minimum Gasteiger partial charge on any atom is -0.466 e. The molecule has 0 aromatic heterocycles.